The maximum atomic E-state index is 11.6. The topological polar surface area (TPSA) is 63.2 Å². The Morgan fingerprint density at radius 1 is 0.700 bits per heavy atom. The van der Waals surface area contributed by atoms with E-state index in [2.05, 4.69) is 0 Å². The summed E-state index contributed by atoms with van der Waals surface area (Å²) in [4.78, 5) is 11.6. The molecule has 0 spiro atoms. The lowest BCUT2D eigenvalue weighted by atomic mass is 10.1. The Morgan fingerprint density at radius 3 is 1.40 bits per heavy atom. The summed E-state index contributed by atoms with van der Waals surface area (Å²) in [6.45, 7) is 0. The molecule has 0 unspecified atom stereocenters. The summed E-state index contributed by atoms with van der Waals surface area (Å²) in [6.07, 6.45) is 6.15. The largest absolute Gasteiger partial charge is 0.872 e. The lowest BCUT2D eigenvalue weighted by molar-refractivity contribution is -0.269. The van der Waals surface area contributed by atoms with Crippen molar-refractivity contribution in [3.8, 4) is 11.5 Å². The van der Waals surface area contributed by atoms with Gasteiger partial charge in [-0.25, -0.2) is 0 Å². The first-order valence-corrected chi connectivity index (χ1v) is 6.08. The third kappa shape index (κ3) is 4.14. The van der Waals surface area contributed by atoms with Crippen LogP contribution < -0.4 is 10.2 Å². The molecule has 0 heterocycles. The number of benzene rings is 2. The SMILES string of the molecule is O=C(/C=C/c1ccc([O-])cc1)/C=C/c1ccc([O-])cc1. The molecule has 2 aromatic carbocycles. The molecule has 0 bridgehead atoms. The Kier molecular flexibility index (Phi) is 4.35. The highest BCUT2D eigenvalue weighted by Gasteiger charge is 1.91. The minimum atomic E-state index is -0.164. The fourth-order valence-corrected chi connectivity index (χ4v) is 1.57. The molecule has 20 heavy (non-hydrogen) atoms. The lowest BCUT2D eigenvalue weighted by Gasteiger charge is -2.03. The van der Waals surface area contributed by atoms with E-state index < -0.39 is 0 Å². The highest BCUT2D eigenvalue weighted by atomic mass is 16.3. The van der Waals surface area contributed by atoms with Gasteiger partial charge in [-0.05, 0) is 23.3 Å². The van der Waals surface area contributed by atoms with E-state index in [0.29, 0.717) is 0 Å². The Morgan fingerprint density at radius 2 is 1.05 bits per heavy atom. The van der Waals surface area contributed by atoms with Crippen LogP contribution in [-0.4, -0.2) is 5.78 Å². The van der Waals surface area contributed by atoms with E-state index in [9.17, 15) is 15.0 Å². The van der Waals surface area contributed by atoms with Gasteiger partial charge >= 0.3 is 0 Å². The van der Waals surface area contributed by atoms with Crippen molar-refractivity contribution in [1.82, 2.24) is 0 Å². The molecule has 0 saturated carbocycles. The van der Waals surface area contributed by atoms with Crippen LogP contribution in [0.25, 0.3) is 12.2 Å². The van der Waals surface area contributed by atoms with Crippen molar-refractivity contribution >= 4 is 17.9 Å². The van der Waals surface area contributed by atoms with Gasteiger partial charge in [0.2, 0.25) is 0 Å². The molecule has 0 radical (unpaired) electrons. The molecule has 2 rings (SSSR count). The first kappa shape index (κ1) is 13.6. The second-order valence-electron chi connectivity index (χ2n) is 4.21. The molecule has 100 valence electrons. The van der Waals surface area contributed by atoms with Gasteiger partial charge in [0.15, 0.2) is 5.78 Å². The second kappa shape index (κ2) is 6.38. The predicted octanol–water partition coefficient (Wildman–Crippen LogP) is 2.13. The van der Waals surface area contributed by atoms with E-state index in [1.807, 2.05) is 0 Å². The monoisotopic (exact) mass is 264 g/mol. The zero-order valence-corrected chi connectivity index (χ0v) is 10.7. The summed E-state index contributed by atoms with van der Waals surface area (Å²) in [7, 11) is 0. The highest BCUT2D eigenvalue weighted by Crippen LogP contribution is 2.10. The minimum absolute atomic E-state index is 0.0600. The molecule has 3 heteroatoms. The summed E-state index contributed by atoms with van der Waals surface area (Å²) in [5.41, 5.74) is 1.59. The van der Waals surface area contributed by atoms with E-state index in [-0.39, 0.29) is 17.3 Å². The van der Waals surface area contributed by atoms with E-state index in [4.69, 9.17) is 0 Å². The first-order valence-electron chi connectivity index (χ1n) is 6.08. The van der Waals surface area contributed by atoms with Gasteiger partial charge in [-0.2, -0.15) is 0 Å². The van der Waals surface area contributed by atoms with Gasteiger partial charge in [-0.3, -0.25) is 4.79 Å². The van der Waals surface area contributed by atoms with Crippen molar-refractivity contribution in [2.45, 2.75) is 0 Å². The lowest BCUT2D eigenvalue weighted by Crippen LogP contribution is -1.89. The summed E-state index contributed by atoms with van der Waals surface area (Å²) in [5.74, 6) is -0.284. The summed E-state index contributed by atoms with van der Waals surface area (Å²) in [6, 6.07) is 12.4. The zero-order chi connectivity index (χ0) is 14.4. The van der Waals surface area contributed by atoms with Crippen LogP contribution in [0, 0.1) is 0 Å². The van der Waals surface area contributed by atoms with Crippen molar-refractivity contribution in [2.75, 3.05) is 0 Å². The predicted molar refractivity (Wildman–Crippen MR) is 74.9 cm³/mol. The van der Waals surface area contributed by atoms with Crippen molar-refractivity contribution in [3.63, 3.8) is 0 Å². The van der Waals surface area contributed by atoms with Crippen LogP contribution in [0.3, 0.4) is 0 Å². The van der Waals surface area contributed by atoms with Gasteiger partial charge in [0.1, 0.15) is 0 Å². The van der Waals surface area contributed by atoms with E-state index >= 15 is 0 Å². The van der Waals surface area contributed by atoms with Gasteiger partial charge in [-0.1, -0.05) is 60.7 Å². The molecule has 0 aliphatic rings. The molecule has 0 saturated heterocycles. The molecule has 0 aliphatic carbocycles. The molecule has 0 amide bonds. The normalized spacial score (nSPS) is 11.2. The van der Waals surface area contributed by atoms with E-state index in [0.717, 1.165) is 11.1 Å². The average molecular weight is 264 g/mol. The molecule has 0 atom stereocenters. The third-order valence-electron chi connectivity index (χ3n) is 2.64. The quantitative estimate of drug-likeness (QED) is 0.795. The van der Waals surface area contributed by atoms with Crippen molar-refractivity contribution < 1.29 is 15.0 Å². The van der Waals surface area contributed by atoms with Gasteiger partial charge < -0.3 is 10.2 Å². The molecular weight excluding hydrogens is 252 g/mol. The van der Waals surface area contributed by atoms with E-state index in [1.165, 1.54) is 36.4 Å². The fourth-order valence-electron chi connectivity index (χ4n) is 1.57. The molecule has 0 fully saturated rings. The number of carbonyl (C=O) groups is 1. The summed E-state index contributed by atoms with van der Waals surface area (Å²) < 4.78 is 0. The number of carbonyl (C=O) groups excluding carboxylic acids is 1. The molecule has 0 aromatic heterocycles. The van der Waals surface area contributed by atoms with Crippen molar-refractivity contribution in [1.29, 1.82) is 0 Å². The molecule has 0 N–H and O–H groups in total. The zero-order valence-electron chi connectivity index (χ0n) is 10.7. The maximum Gasteiger partial charge on any atom is 0.178 e. The molecule has 0 aliphatic heterocycles. The van der Waals surface area contributed by atoms with Crippen LogP contribution >= 0.6 is 0 Å². The van der Waals surface area contributed by atoms with Crippen LogP contribution in [0.15, 0.2) is 60.7 Å². The van der Waals surface area contributed by atoms with Gasteiger partial charge in [0.05, 0.1) is 0 Å². The molecule has 3 nitrogen and oxygen atoms in total. The number of rotatable bonds is 4. The highest BCUT2D eigenvalue weighted by molar-refractivity contribution is 6.04. The number of allylic oxidation sites excluding steroid dienone is 2. The average Bonchev–Trinajstić information content (AvgIpc) is 2.46. The van der Waals surface area contributed by atoms with Gasteiger partial charge in [-0.15, -0.1) is 11.5 Å². The summed E-state index contributed by atoms with van der Waals surface area (Å²) in [5, 5.41) is 21.8. The Hall–Kier alpha value is -2.81. The van der Waals surface area contributed by atoms with Crippen molar-refractivity contribution in [2.24, 2.45) is 0 Å². The number of ketones is 1. The minimum Gasteiger partial charge on any atom is -0.872 e. The van der Waals surface area contributed by atoms with Crippen LogP contribution in [0.1, 0.15) is 11.1 Å². The molecule has 2 aromatic rings. The Labute approximate surface area is 117 Å². The maximum absolute atomic E-state index is 11.6. The Bertz CT molecular complexity index is 577. The first-order chi connectivity index (χ1) is 9.63. The fraction of sp³-hybridized carbons (Fsp3) is 0. The van der Waals surface area contributed by atoms with Crippen LogP contribution in [0.5, 0.6) is 11.5 Å². The number of hydrogen-bond acceptors (Lipinski definition) is 3. The van der Waals surface area contributed by atoms with Crippen LogP contribution in [0.4, 0.5) is 0 Å². The number of hydrogen-bond donors (Lipinski definition) is 0. The van der Waals surface area contributed by atoms with Crippen molar-refractivity contribution in [3.05, 3.63) is 71.8 Å². The molecular formula is C17H12O3-2. The third-order valence-corrected chi connectivity index (χ3v) is 2.64. The van der Waals surface area contributed by atoms with Gasteiger partial charge in [0, 0.05) is 0 Å². The van der Waals surface area contributed by atoms with Crippen LogP contribution in [-0.2, 0) is 4.79 Å². The Balaban J connectivity index is 1.98. The smallest absolute Gasteiger partial charge is 0.178 e. The standard InChI is InChI=1S/C17H14O3/c18-15-7-1-13(2-8-15)5-11-17(20)12-6-14-3-9-16(19)10-4-14/h1-12,18-19H/p-2/b11-5+,12-6+. The summed E-state index contributed by atoms with van der Waals surface area (Å²) >= 11 is 0. The van der Waals surface area contributed by atoms with Crippen LogP contribution in [0.2, 0.25) is 0 Å². The second-order valence-corrected chi connectivity index (χ2v) is 4.21. The van der Waals surface area contributed by atoms with Gasteiger partial charge in [0.25, 0.3) is 0 Å². The van der Waals surface area contributed by atoms with E-state index in [1.54, 1.807) is 36.4 Å².